The summed E-state index contributed by atoms with van der Waals surface area (Å²) in [5, 5.41) is 0. The average Bonchev–Trinajstić information content (AvgIpc) is 2.14. The second-order valence-corrected chi connectivity index (χ2v) is 5.70. The molecule has 1 rings (SSSR count). The van der Waals surface area contributed by atoms with Crippen molar-refractivity contribution in [2.24, 2.45) is 5.41 Å². The summed E-state index contributed by atoms with van der Waals surface area (Å²) in [6.45, 7) is 11.2. The number of benzene rings is 1. The van der Waals surface area contributed by atoms with Gasteiger partial charge in [-0.05, 0) is 43.0 Å². The zero-order valence-electron chi connectivity index (χ0n) is 11.3. The Kier molecular flexibility index (Phi) is 3.51. The van der Waals surface area contributed by atoms with Crippen LogP contribution in [0, 0.1) is 12.3 Å². The van der Waals surface area contributed by atoms with Gasteiger partial charge in [-0.3, -0.25) is 0 Å². The molecule has 0 bridgehead atoms. The van der Waals surface area contributed by atoms with Gasteiger partial charge in [-0.25, -0.2) is 0 Å². The third kappa shape index (κ3) is 2.69. The first-order valence-corrected chi connectivity index (χ1v) is 5.82. The molecule has 0 heterocycles. The molecule has 16 heavy (non-hydrogen) atoms. The molecule has 1 atom stereocenters. The van der Waals surface area contributed by atoms with Crippen LogP contribution in [-0.2, 0) is 0 Å². The molecule has 0 spiro atoms. The lowest BCUT2D eigenvalue weighted by Crippen LogP contribution is -2.39. The Bertz CT molecular complexity index is 363. The van der Waals surface area contributed by atoms with Crippen LogP contribution in [0.3, 0.4) is 0 Å². The van der Waals surface area contributed by atoms with Crippen molar-refractivity contribution >= 4 is 11.4 Å². The average molecular weight is 220 g/mol. The minimum absolute atomic E-state index is 0.266. The van der Waals surface area contributed by atoms with Crippen molar-refractivity contribution in [3.63, 3.8) is 0 Å². The lowest BCUT2D eigenvalue weighted by molar-refractivity contribution is 0.329. The first-order valence-electron chi connectivity index (χ1n) is 5.82. The Labute approximate surface area is 99.5 Å². The molecule has 2 heteroatoms. The fourth-order valence-corrected chi connectivity index (χ4v) is 1.86. The Morgan fingerprint density at radius 3 is 2.25 bits per heavy atom. The zero-order chi connectivity index (χ0) is 12.5. The van der Waals surface area contributed by atoms with Crippen molar-refractivity contribution < 1.29 is 0 Å². The Morgan fingerprint density at radius 2 is 1.81 bits per heavy atom. The van der Waals surface area contributed by atoms with Gasteiger partial charge in [0.05, 0.1) is 0 Å². The van der Waals surface area contributed by atoms with E-state index in [1.54, 1.807) is 0 Å². The van der Waals surface area contributed by atoms with Crippen molar-refractivity contribution in [1.82, 2.24) is 0 Å². The Morgan fingerprint density at radius 1 is 1.25 bits per heavy atom. The molecule has 0 aliphatic carbocycles. The van der Waals surface area contributed by atoms with E-state index in [9.17, 15) is 0 Å². The lowest BCUT2D eigenvalue weighted by atomic mass is 9.86. The number of nitrogen functional groups attached to an aromatic ring is 1. The van der Waals surface area contributed by atoms with Gasteiger partial charge in [-0.1, -0.05) is 20.8 Å². The van der Waals surface area contributed by atoms with E-state index in [-0.39, 0.29) is 5.41 Å². The summed E-state index contributed by atoms with van der Waals surface area (Å²) in [5.41, 5.74) is 9.36. The van der Waals surface area contributed by atoms with Gasteiger partial charge < -0.3 is 10.6 Å². The van der Waals surface area contributed by atoms with Crippen molar-refractivity contribution in [2.75, 3.05) is 17.7 Å². The van der Waals surface area contributed by atoms with E-state index in [1.807, 2.05) is 12.1 Å². The predicted octanol–water partition coefficient (Wildman–Crippen LogP) is 3.45. The number of nitrogens with zero attached hydrogens (tertiary/aromatic N) is 1. The molecule has 1 aromatic rings. The molecule has 0 fully saturated rings. The van der Waals surface area contributed by atoms with E-state index in [0.29, 0.717) is 6.04 Å². The van der Waals surface area contributed by atoms with Gasteiger partial charge in [0.1, 0.15) is 0 Å². The minimum Gasteiger partial charge on any atom is -0.399 e. The fraction of sp³-hybridized carbons (Fsp3) is 0.571. The van der Waals surface area contributed by atoms with Crippen LogP contribution >= 0.6 is 0 Å². The maximum Gasteiger partial charge on any atom is 0.0397 e. The van der Waals surface area contributed by atoms with Crippen LogP contribution in [0.15, 0.2) is 18.2 Å². The number of aryl methyl sites for hydroxylation is 1. The molecule has 2 N–H and O–H groups in total. The number of nitrogens with two attached hydrogens (primary N) is 1. The van der Waals surface area contributed by atoms with E-state index in [2.05, 4.69) is 52.6 Å². The van der Waals surface area contributed by atoms with Crippen molar-refractivity contribution in [3.05, 3.63) is 23.8 Å². The number of anilines is 2. The third-order valence-electron chi connectivity index (χ3n) is 3.44. The van der Waals surface area contributed by atoms with Gasteiger partial charge in [0, 0.05) is 24.5 Å². The molecular weight excluding hydrogens is 196 g/mol. The van der Waals surface area contributed by atoms with Crippen LogP contribution in [0.25, 0.3) is 0 Å². The van der Waals surface area contributed by atoms with Gasteiger partial charge in [0.25, 0.3) is 0 Å². The Hall–Kier alpha value is -1.18. The maximum atomic E-state index is 5.77. The van der Waals surface area contributed by atoms with Gasteiger partial charge in [0.15, 0.2) is 0 Å². The van der Waals surface area contributed by atoms with Crippen LogP contribution in [0.1, 0.15) is 33.3 Å². The smallest absolute Gasteiger partial charge is 0.0397 e. The molecule has 1 unspecified atom stereocenters. The molecule has 90 valence electrons. The topological polar surface area (TPSA) is 29.3 Å². The van der Waals surface area contributed by atoms with Crippen LogP contribution in [0.5, 0.6) is 0 Å². The molecular formula is C14H24N2. The summed E-state index contributed by atoms with van der Waals surface area (Å²) >= 11 is 0. The second-order valence-electron chi connectivity index (χ2n) is 5.70. The molecule has 0 amide bonds. The number of rotatable bonds is 2. The minimum atomic E-state index is 0.266. The first-order chi connectivity index (χ1) is 7.23. The van der Waals surface area contributed by atoms with E-state index in [0.717, 1.165) is 5.69 Å². The van der Waals surface area contributed by atoms with Crippen molar-refractivity contribution in [3.8, 4) is 0 Å². The molecule has 0 saturated heterocycles. The second kappa shape index (κ2) is 4.36. The zero-order valence-corrected chi connectivity index (χ0v) is 11.3. The predicted molar refractivity (Wildman–Crippen MR) is 72.9 cm³/mol. The van der Waals surface area contributed by atoms with Gasteiger partial charge in [-0.15, -0.1) is 0 Å². The monoisotopic (exact) mass is 220 g/mol. The van der Waals surface area contributed by atoms with E-state index >= 15 is 0 Å². The maximum absolute atomic E-state index is 5.77. The highest BCUT2D eigenvalue weighted by atomic mass is 15.1. The summed E-state index contributed by atoms with van der Waals surface area (Å²) in [5.74, 6) is 0. The highest BCUT2D eigenvalue weighted by Crippen LogP contribution is 2.29. The third-order valence-corrected chi connectivity index (χ3v) is 3.44. The molecule has 0 saturated carbocycles. The molecule has 0 aliphatic heterocycles. The summed E-state index contributed by atoms with van der Waals surface area (Å²) < 4.78 is 0. The number of hydrogen-bond acceptors (Lipinski definition) is 2. The molecule has 0 aliphatic rings. The quantitative estimate of drug-likeness (QED) is 0.773. The van der Waals surface area contributed by atoms with Gasteiger partial charge >= 0.3 is 0 Å². The summed E-state index contributed by atoms with van der Waals surface area (Å²) in [6, 6.07) is 6.58. The first kappa shape index (κ1) is 12.9. The fourth-order valence-electron chi connectivity index (χ4n) is 1.86. The molecule has 1 aromatic carbocycles. The van der Waals surface area contributed by atoms with Crippen molar-refractivity contribution in [1.29, 1.82) is 0 Å². The van der Waals surface area contributed by atoms with E-state index < -0.39 is 0 Å². The SMILES string of the molecule is Cc1cc(N)ccc1N(C)C(C)C(C)(C)C. The highest BCUT2D eigenvalue weighted by molar-refractivity contribution is 5.59. The summed E-state index contributed by atoms with van der Waals surface area (Å²) in [4.78, 5) is 2.33. The molecule has 0 radical (unpaired) electrons. The van der Waals surface area contributed by atoms with E-state index in [1.165, 1.54) is 11.3 Å². The Balaban J connectivity index is 3.01. The van der Waals surface area contributed by atoms with Gasteiger partial charge in [-0.2, -0.15) is 0 Å². The van der Waals surface area contributed by atoms with E-state index in [4.69, 9.17) is 5.73 Å². The standard InChI is InChI=1S/C14H24N2/c1-10-9-12(15)7-8-13(10)16(6)11(2)14(3,4)5/h7-9,11H,15H2,1-6H3. The van der Waals surface area contributed by atoms with Crippen molar-refractivity contribution in [2.45, 2.75) is 40.7 Å². The van der Waals surface area contributed by atoms with Crippen LogP contribution in [-0.4, -0.2) is 13.1 Å². The summed E-state index contributed by atoms with van der Waals surface area (Å²) in [7, 11) is 2.15. The highest BCUT2D eigenvalue weighted by Gasteiger charge is 2.24. The van der Waals surface area contributed by atoms with Crippen LogP contribution < -0.4 is 10.6 Å². The van der Waals surface area contributed by atoms with Crippen LogP contribution in [0.2, 0.25) is 0 Å². The number of hydrogen-bond donors (Lipinski definition) is 1. The van der Waals surface area contributed by atoms with Crippen LogP contribution in [0.4, 0.5) is 11.4 Å². The summed E-state index contributed by atoms with van der Waals surface area (Å²) in [6.07, 6.45) is 0. The normalized spacial score (nSPS) is 13.6. The molecule has 0 aromatic heterocycles. The lowest BCUT2D eigenvalue weighted by Gasteiger charge is -2.37. The molecule has 2 nitrogen and oxygen atoms in total. The van der Waals surface area contributed by atoms with Gasteiger partial charge in [0.2, 0.25) is 0 Å². The largest absolute Gasteiger partial charge is 0.399 e.